The second-order valence-electron chi connectivity index (χ2n) is 6.31. The molecule has 2 atom stereocenters. The van der Waals surface area contributed by atoms with Crippen LogP contribution in [-0.4, -0.2) is 56.0 Å². The number of anilines is 1. The van der Waals surface area contributed by atoms with Crippen molar-refractivity contribution in [2.45, 2.75) is 19.4 Å². The Morgan fingerprint density at radius 2 is 2.16 bits per heavy atom. The van der Waals surface area contributed by atoms with Crippen LogP contribution in [0.2, 0.25) is 5.02 Å². The van der Waals surface area contributed by atoms with E-state index in [4.69, 9.17) is 16.3 Å². The third kappa shape index (κ3) is 4.02. The first-order valence-electron chi connectivity index (χ1n) is 8.16. The molecule has 2 saturated heterocycles. The Bertz CT molecular complexity index is 656. The number of nitrogens with one attached hydrogen (secondary N) is 1. The molecule has 3 rings (SSSR count). The predicted molar refractivity (Wildman–Crippen MR) is 99.8 cm³/mol. The van der Waals surface area contributed by atoms with Gasteiger partial charge < -0.3 is 19.9 Å². The van der Waals surface area contributed by atoms with Crippen molar-refractivity contribution >= 4 is 41.5 Å². The van der Waals surface area contributed by atoms with Crippen molar-refractivity contribution in [3.63, 3.8) is 0 Å². The molecule has 2 fully saturated rings. The van der Waals surface area contributed by atoms with Crippen LogP contribution in [0.5, 0.6) is 5.75 Å². The summed E-state index contributed by atoms with van der Waals surface area (Å²) in [7, 11) is 1.55. The molecule has 0 radical (unpaired) electrons. The number of benzene rings is 1. The van der Waals surface area contributed by atoms with Gasteiger partial charge in [-0.1, -0.05) is 11.6 Å². The molecular formula is C17H23Cl2N3O3. The van der Waals surface area contributed by atoms with E-state index in [0.29, 0.717) is 29.5 Å². The molecular weight excluding hydrogens is 365 g/mol. The van der Waals surface area contributed by atoms with Crippen molar-refractivity contribution in [1.82, 2.24) is 10.2 Å². The fourth-order valence-electron chi connectivity index (χ4n) is 3.38. The van der Waals surface area contributed by atoms with E-state index in [1.807, 2.05) is 11.8 Å². The van der Waals surface area contributed by atoms with Gasteiger partial charge in [-0.05, 0) is 25.1 Å². The lowest BCUT2D eigenvalue weighted by atomic mass is 10.1. The average Bonchev–Trinajstić information content (AvgIpc) is 2.96. The number of hydrogen-bond acceptors (Lipinski definition) is 4. The van der Waals surface area contributed by atoms with Crippen molar-refractivity contribution in [3.05, 3.63) is 23.2 Å². The second-order valence-corrected chi connectivity index (χ2v) is 6.74. The van der Waals surface area contributed by atoms with Crippen molar-refractivity contribution in [1.29, 1.82) is 0 Å². The number of hydrogen-bond donors (Lipinski definition) is 1. The van der Waals surface area contributed by atoms with Crippen molar-refractivity contribution in [2.75, 3.05) is 38.2 Å². The Morgan fingerprint density at radius 3 is 2.84 bits per heavy atom. The van der Waals surface area contributed by atoms with Crippen LogP contribution in [0.25, 0.3) is 0 Å². The zero-order valence-electron chi connectivity index (χ0n) is 14.3. The third-order valence-electron chi connectivity index (χ3n) is 4.69. The summed E-state index contributed by atoms with van der Waals surface area (Å²) < 4.78 is 5.33. The molecule has 2 heterocycles. The van der Waals surface area contributed by atoms with E-state index in [2.05, 4.69) is 5.32 Å². The predicted octanol–water partition coefficient (Wildman–Crippen LogP) is 1.94. The van der Waals surface area contributed by atoms with Crippen LogP contribution in [-0.2, 0) is 9.59 Å². The van der Waals surface area contributed by atoms with Gasteiger partial charge in [-0.25, -0.2) is 0 Å². The van der Waals surface area contributed by atoms with Gasteiger partial charge in [-0.2, -0.15) is 0 Å². The van der Waals surface area contributed by atoms with Crippen molar-refractivity contribution in [2.24, 2.45) is 5.92 Å². The van der Waals surface area contributed by atoms with E-state index in [1.165, 1.54) is 0 Å². The Kier molecular flexibility index (Phi) is 6.54. The lowest BCUT2D eigenvalue weighted by molar-refractivity contribution is -0.138. The zero-order valence-corrected chi connectivity index (χ0v) is 15.9. The number of amides is 2. The molecule has 6 nitrogen and oxygen atoms in total. The first kappa shape index (κ1) is 19.8. The minimum Gasteiger partial charge on any atom is -0.495 e. The fourth-order valence-corrected chi connectivity index (χ4v) is 3.55. The average molecular weight is 388 g/mol. The van der Waals surface area contributed by atoms with E-state index < -0.39 is 0 Å². The standard InChI is InChI=1S/C17H22ClN3O3.ClH/c1-11-9-19-5-6-20(11)17(23)12-7-16(22)21(10-12)14-8-13(18)3-4-15(14)24-2;/h3-4,8,11-12,19H,5-7,9-10H2,1-2H3;1H/t11-,12?;/m1./s1. The lowest BCUT2D eigenvalue weighted by Crippen LogP contribution is -2.54. The molecule has 0 saturated carbocycles. The lowest BCUT2D eigenvalue weighted by Gasteiger charge is -2.35. The highest BCUT2D eigenvalue weighted by atomic mass is 35.5. The molecule has 0 aliphatic carbocycles. The smallest absolute Gasteiger partial charge is 0.228 e. The van der Waals surface area contributed by atoms with Crippen LogP contribution >= 0.6 is 24.0 Å². The van der Waals surface area contributed by atoms with Gasteiger partial charge in [-0.15, -0.1) is 12.4 Å². The molecule has 1 aromatic carbocycles. The summed E-state index contributed by atoms with van der Waals surface area (Å²) in [5.41, 5.74) is 0.624. The summed E-state index contributed by atoms with van der Waals surface area (Å²) in [4.78, 5) is 28.8. The van der Waals surface area contributed by atoms with Gasteiger partial charge >= 0.3 is 0 Å². The summed E-state index contributed by atoms with van der Waals surface area (Å²) in [5, 5.41) is 3.80. The number of rotatable bonds is 3. The largest absolute Gasteiger partial charge is 0.495 e. The number of nitrogens with zero attached hydrogens (tertiary/aromatic N) is 2. The molecule has 2 aliphatic heterocycles. The first-order valence-corrected chi connectivity index (χ1v) is 8.54. The fraction of sp³-hybridized carbons (Fsp3) is 0.529. The SMILES string of the molecule is COc1ccc(Cl)cc1N1CC(C(=O)N2CCNC[C@H]2C)CC1=O.Cl. The molecule has 1 N–H and O–H groups in total. The van der Waals surface area contributed by atoms with Gasteiger partial charge in [0.25, 0.3) is 0 Å². The van der Waals surface area contributed by atoms with Crippen LogP contribution in [0.15, 0.2) is 18.2 Å². The van der Waals surface area contributed by atoms with Gasteiger partial charge in [0.15, 0.2) is 0 Å². The quantitative estimate of drug-likeness (QED) is 0.860. The normalized spacial score (nSPS) is 23.4. The zero-order chi connectivity index (χ0) is 17.3. The highest BCUT2D eigenvalue weighted by molar-refractivity contribution is 6.31. The molecule has 0 bridgehead atoms. The summed E-state index contributed by atoms with van der Waals surface area (Å²) >= 11 is 6.06. The molecule has 1 unspecified atom stereocenters. The number of carbonyl (C=O) groups excluding carboxylic acids is 2. The molecule has 1 aromatic rings. The monoisotopic (exact) mass is 387 g/mol. The van der Waals surface area contributed by atoms with Gasteiger partial charge in [0, 0.05) is 43.7 Å². The maximum atomic E-state index is 12.8. The topological polar surface area (TPSA) is 61.9 Å². The van der Waals surface area contributed by atoms with E-state index in [-0.39, 0.29) is 42.6 Å². The van der Waals surface area contributed by atoms with Gasteiger partial charge in [0.2, 0.25) is 11.8 Å². The van der Waals surface area contributed by atoms with Crippen LogP contribution in [0.3, 0.4) is 0 Å². The minimum atomic E-state index is -0.318. The Hall–Kier alpha value is -1.50. The summed E-state index contributed by atoms with van der Waals surface area (Å²) in [6.45, 7) is 4.66. The van der Waals surface area contributed by atoms with Gasteiger partial charge in [0.05, 0.1) is 18.7 Å². The van der Waals surface area contributed by atoms with Crippen LogP contribution in [0.1, 0.15) is 13.3 Å². The molecule has 2 amide bonds. The number of ether oxygens (including phenoxy) is 1. The van der Waals surface area contributed by atoms with Gasteiger partial charge in [0.1, 0.15) is 5.75 Å². The van der Waals surface area contributed by atoms with Crippen molar-refractivity contribution < 1.29 is 14.3 Å². The first-order chi connectivity index (χ1) is 11.5. The maximum absolute atomic E-state index is 12.8. The number of carbonyl (C=O) groups is 2. The molecule has 0 spiro atoms. The molecule has 138 valence electrons. The van der Waals surface area contributed by atoms with Crippen LogP contribution < -0.4 is 15.0 Å². The van der Waals surface area contributed by atoms with E-state index >= 15 is 0 Å². The molecule has 25 heavy (non-hydrogen) atoms. The van der Waals surface area contributed by atoms with Crippen LogP contribution in [0, 0.1) is 5.92 Å². The molecule has 8 heteroatoms. The Labute approximate surface area is 158 Å². The number of methoxy groups -OCH3 is 1. The number of piperazine rings is 1. The van der Waals surface area contributed by atoms with E-state index in [0.717, 1.165) is 13.1 Å². The number of halogens is 2. The maximum Gasteiger partial charge on any atom is 0.228 e. The minimum absolute atomic E-state index is 0. The van der Waals surface area contributed by atoms with Crippen LogP contribution in [0.4, 0.5) is 5.69 Å². The second kappa shape index (κ2) is 8.25. The summed E-state index contributed by atoms with van der Waals surface area (Å²) in [6.07, 6.45) is 0.227. The Morgan fingerprint density at radius 1 is 1.40 bits per heavy atom. The summed E-state index contributed by atoms with van der Waals surface area (Å²) in [6, 6.07) is 5.31. The van der Waals surface area contributed by atoms with Gasteiger partial charge in [-0.3, -0.25) is 9.59 Å². The Balaban J connectivity index is 0.00000225. The van der Waals surface area contributed by atoms with E-state index in [9.17, 15) is 9.59 Å². The molecule has 2 aliphatic rings. The highest BCUT2D eigenvalue weighted by Gasteiger charge is 2.39. The highest BCUT2D eigenvalue weighted by Crippen LogP contribution is 2.35. The summed E-state index contributed by atoms with van der Waals surface area (Å²) in [5.74, 6) is 0.246. The van der Waals surface area contributed by atoms with E-state index in [1.54, 1.807) is 30.2 Å². The van der Waals surface area contributed by atoms with Crippen molar-refractivity contribution in [3.8, 4) is 5.75 Å². The third-order valence-corrected chi connectivity index (χ3v) is 4.93. The molecule has 0 aromatic heterocycles.